The van der Waals surface area contributed by atoms with Crippen molar-refractivity contribution in [2.45, 2.75) is 23.8 Å². The second-order valence-electron chi connectivity index (χ2n) is 10.3. The Labute approximate surface area is 239 Å². The predicted molar refractivity (Wildman–Crippen MR) is 153 cm³/mol. The molecule has 0 bridgehead atoms. The van der Waals surface area contributed by atoms with Crippen LogP contribution in [0.3, 0.4) is 0 Å². The summed E-state index contributed by atoms with van der Waals surface area (Å²) in [5.41, 5.74) is 1.10. The highest BCUT2D eigenvalue weighted by Crippen LogP contribution is 2.29. The number of carbonyl (C=O) groups is 1. The van der Waals surface area contributed by atoms with Crippen LogP contribution in [0.25, 0.3) is 10.8 Å². The summed E-state index contributed by atoms with van der Waals surface area (Å²) in [6.45, 7) is 1.32. The molecule has 2 aliphatic rings. The van der Waals surface area contributed by atoms with Gasteiger partial charge in [-0.25, -0.2) is 8.42 Å². The Morgan fingerprint density at radius 3 is 2.35 bits per heavy atom. The van der Waals surface area contributed by atoms with E-state index < -0.39 is 26.2 Å². The number of pyridine rings is 1. The minimum atomic E-state index is -4.04. The fourth-order valence-corrected chi connectivity index (χ4v) is 7.38. The zero-order valence-corrected chi connectivity index (χ0v) is 24.4. The third-order valence-electron chi connectivity index (χ3n) is 7.47. The number of anilines is 1. The number of halogens is 1. The molecule has 40 heavy (non-hydrogen) atoms. The van der Waals surface area contributed by atoms with Gasteiger partial charge in [0.1, 0.15) is 0 Å². The summed E-state index contributed by atoms with van der Waals surface area (Å²) < 4.78 is 57.0. The number of hydrogen-bond acceptors (Lipinski definition) is 8. The van der Waals surface area contributed by atoms with Gasteiger partial charge in [-0.2, -0.15) is 12.7 Å². The van der Waals surface area contributed by atoms with Gasteiger partial charge < -0.3 is 9.80 Å². The summed E-state index contributed by atoms with van der Waals surface area (Å²) in [6.07, 6.45) is 6.14. The number of nitrogens with zero attached hydrogens (tertiary/aromatic N) is 4. The summed E-state index contributed by atoms with van der Waals surface area (Å²) in [4.78, 5) is 21.4. The number of benzene rings is 2. The lowest BCUT2D eigenvalue weighted by Gasteiger charge is -2.43. The standard InChI is InChI=1S/C27H31ClN4O6S2/c1-39(34,35)38-19-25-17-31(40(36,37)26-5-3-21-14-23(28)4-2-22(21)15-26)18-27(33)32(25)16-20-8-12-30(13-9-20)24-6-10-29-11-7-24/h2-7,10-11,14-15,20,25H,8-9,12-13,16-19H2,1H3. The molecule has 2 aliphatic heterocycles. The summed E-state index contributed by atoms with van der Waals surface area (Å²) in [7, 11) is -7.84. The molecular weight excluding hydrogens is 576 g/mol. The molecule has 5 rings (SSSR count). The van der Waals surface area contributed by atoms with Crippen molar-refractivity contribution in [3.05, 3.63) is 65.9 Å². The van der Waals surface area contributed by atoms with Crippen molar-refractivity contribution in [1.82, 2.24) is 14.2 Å². The zero-order chi connectivity index (χ0) is 28.5. The first-order valence-corrected chi connectivity index (χ1v) is 16.6. The lowest BCUT2D eigenvalue weighted by molar-refractivity contribution is -0.139. The van der Waals surface area contributed by atoms with E-state index in [1.165, 1.54) is 6.07 Å². The van der Waals surface area contributed by atoms with E-state index in [0.717, 1.165) is 47.6 Å². The van der Waals surface area contributed by atoms with Crippen molar-refractivity contribution < 1.29 is 25.8 Å². The van der Waals surface area contributed by atoms with Crippen LogP contribution in [-0.2, 0) is 29.1 Å². The first-order valence-electron chi connectivity index (χ1n) is 13.0. The number of piperazine rings is 1. The van der Waals surface area contributed by atoms with Gasteiger partial charge in [-0.15, -0.1) is 0 Å². The van der Waals surface area contributed by atoms with Gasteiger partial charge in [0.05, 0.1) is 30.3 Å². The Bertz CT molecular complexity index is 1600. The normalized spacial score (nSPS) is 19.9. The fourth-order valence-electron chi connectivity index (χ4n) is 5.33. The smallest absolute Gasteiger partial charge is 0.264 e. The minimum Gasteiger partial charge on any atom is -0.371 e. The maximum Gasteiger partial charge on any atom is 0.264 e. The number of amides is 1. The van der Waals surface area contributed by atoms with Gasteiger partial charge in [-0.3, -0.25) is 14.0 Å². The highest BCUT2D eigenvalue weighted by molar-refractivity contribution is 7.89. The van der Waals surface area contributed by atoms with Crippen LogP contribution in [0.5, 0.6) is 0 Å². The average molecular weight is 607 g/mol. The largest absolute Gasteiger partial charge is 0.371 e. The van der Waals surface area contributed by atoms with E-state index >= 15 is 0 Å². The Kier molecular flexibility index (Phi) is 8.35. The second kappa shape index (κ2) is 11.6. The number of piperidine rings is 1. The van der Waals surface area contributed by atoms with Crippen LogP contribution in [0, 0.1) is 5.92 Å². The fraction of sp³-hybridized carbons (Fsp3) is 0.407. The summed E-state index contributed by atoms with van der Waals surface area (Å²) in [6, 6.07) is 13.1. The number of carbonyl (C=O) groups excluding carboxylic acids is 1. The highest BCUT2D eigenvalue weighted by atomic mass is 35.5. The van der Waals surface area contributed by atoms with Crippen molar-refractivity contribution in [1.29, 1.82) is 0 Å². The minimum absolute atomic E-state index is 0.0508. The number of fused-ring (bicyclic) bond motifs is 1. The van der Waals surface area contributed by atoms with Gasteiger partial charge in [0.15, 0.2) is 0 Å². The van der Waals surface area contributed by atoms with Gasteiger partial charge in [0, 0.05) is 49.3 Å². The first-order chi connectivity index (χ1) is 19.0. The monoisotopic (exact) mass is 606 g/mol. The SMILES string of the molecule is CS(=O)(=O)OCC1CN(S(=O)(=O)c2ccc3cc(Cl)ccc3c2)CC(=O)N1CC1CCN(c2ccncc2)CC1. The molecule has 0 radical (unpaired) electrons. The average Bonchev–Trinajstić information content (AvgIpc) is 2.93. The van der Waals surface area contributed by atoms with Crippen LogP contribution < -0.4 is 4.90 Å². The van der Waals surface area contributed by atoms with Crippen LogP contribution >= 0.6 is 11.6 Å². The topological polar surface area (TPSA) is 117 Å². The van der Waals surface area contributed by atoms with Crippen LogP contribution in [0.15, 0.2) is 65.8 Å². The third-order valence-corrected chi connectivity index (χ3v) is 10.1. The number of sulfonamides is 1. The molecule has 214 valence electrons. The molecule has 2 aromatic carbocycles. The Morgan fingerprint density at radius 2 is 1.65 bits per heavy atom. The van der Waals surface area contributed by atoms with Gasteiger partial charge in [0.2, 0.25) is 15.9 Å². The second-order valence-corrected chi connectivity index (χ2v) is 14.3. The molecule has 1 atom stereocenters. The van der Waals surface area contributed by atoms with Gasteiger partial charge in [0.25, 0.3) is 10.1 Å². The van der Waals surface area contributed by atoms with E-state index in [0.29, 0.717) is 17.0 Å². The van der Waals surface area contributed by atoms with E-state index in [1.54, 1.807) is 47.6 Å². The Morgan fingerprint density at radius 1 is 0.975 bits per heavy atom. The van der Waals surface area contributed by atoms with Gasteiger partial charge in [-0.05, 0) is 65.9 Å². The molecule has 3 heterocycles. The molecule has 13 heteroatoms. The van der Waals surface area contributed by atoms with Gasteiger partial charge in [-0.1, -0.05) is 23.7 Å². The van der Waals surface area contributed by atoms with E-state index in [9.17, 15) is 21.6 Å². The van der Waals surface area contributed by atoms with Gasteiger partial charge >= 0.3 is 0 Å². The number of hydrogen-bond donors (Lipinski definition) is 0. The third kappa shape index (κ3) is 6.58. The van der Waals surface area contributed by atoms with E-state index in [-0.39, 0.29) is 36.4 Å². The molecule has 3 aromatic rings. The Balaban J connectivity index is 1.32. The van der Waals surface area contributed by atoms with E-state index in [1.807, 2.05) is 12.1 Å². The lowest BCUT2D eigenvalue weighted by atomic mass is 9.95. The molecule has 1 aromatic heterocycles. The molecule has 1 amide bonds. The first kappa shape index (κ1) is 28.7. The van der Waals surface area contributed by atoms with Crippen molar-refractivity contribution in [3.8, 4) is 0 Å². The molecule has 0 spiro atoms. The molecule has 0 aliphatic carbocycles. The van der Waals surface area contributed by atoms with E-state index in [2.05, 4.69) is 9.88 Å². The summed E-state index contributed by atoms with van der Waals surface area (Å²) >= 11 is 6.05. The quantitative estimate of drug-likeness (QED) is 0.359. The van der Waals surface area contributed by atoms with Crippen molar-refractivity contribution in [2.75, 3.05) is 50.5 Å². The molecule has 1 unspecified atom stereocenters. The lowest BCUT2D eigenvalue weighted by Crippen LogP contribution is -2.60. The maximum absolute atomic E-state index is 13.6. The zero-order valence-electron chi connectivity index (χ0n) is 22.0. The van der Waals surface area contributed by atoms with Crippen molar-refractivity contribution in [2.24, 2.45) is 5.92 Å². The molecular formula is C27H31ClN4O6S2. The predicted octanol–water partition coefficient (Wildman–Crippen LogP) is 2.98. The summed E-state index contributed by atoms with van der Waals surface area (Å²) in [5, 5.41) is 2.04. The van der Waals surface area contributed by atoms with Crippen molar-refractivity contribution >= 4 is 54.1 Å². The number of rotatable bonds is 8. The van der Waals surface area contributed by atoms with Crippen molar-refractivity contribution in [3.63, 3.8) is 0 Å². The summed E-state index contributed by atoms with van der Waals surface area (Å²) in [5.74, 6) is -0.181. The van der Waals surface area contributed by atoms with Crippen LogP contribution in [0.4, 0.5) is 5.69 Å². The van der Waals surface area contributed by atoms with Crippen LogP contribution in [0.2, 0.25) is 5.02 Å². The van der Waals surface area contributed by atoms with E-state index in [4.69, 9.17) is 15.8 Å². The molecule has 10 nitrogen and oxygen atoms in total. The molecule has 0 N–H and O–H groups in total. The van der Waals surface area contributed by atoms with Crippen LogP contribution in [0.1, 0.15) is 12.8 Å². The Hall–Kier alpha value is -2.77. The van der Waals surface area contributed by atoms with Crippen LogP contribution in [-0.4, -0.2) is 88.6 Å². The molecule has 2 fully saturated rings. The highest BCUT2D eigenvalue weighted by Gasteiger charge is 2.40. The maximum atomic E-state index is 13.6. The molecule has 0 saturated carbocycles. The molecule has 2 saturated heterocycles. The number of aromatic nitrogens is 1.